The number of hydrogen-bond acceptors (Lipinski definition) is 6. The smallest absolute Gasteiger partial charge is 0.310 e. The first-order chi connectivity index (χ1) is 8.90. The van der Waals surface area contributed by atoms with Gasteiger partial charge in [-0.2, -0.15) is 5.26 Å². The van der Waals surface area contributed by atoms with Crippen LogP contribution in [0, 0.1) is 21.4 Å². The quantitative estimate of drug-likeness (QED) is 0.466. The van der Waals surface area contributed by atoms with E-state index in [1.165, 1.54) is 6.07 Å². The van der Waals surface area contributed by atoms with Crippen molar-refractivity contribution in [1.82, 2.24) is 4.98 Å². The molecular weight excluding hydrogens is 264 g/mol. The summed E-state index contributed by atoms with van der Waals surface area (Å²) >= 11 is 0. The molecule has 1 rings (SSSR count). The molecule has 7 nitrogen and oxygen atoms in total. The number of nitriles is 1. The van der Waals surface area contributed by atoms with Gasteiger partial charge in [-0.05, 0) is 0 Å². The molecule has 0 bridgehead atoms. The maximum Gasteiger partial charge on any atom is 0.310 e. The largest absolute Gasteiger partial charge is 0.469 e. The molecule has 0 aliphatic carbocycles. The number of halogens is 2. The van der Waals surface area contributed by atoms with Gasteiger partial charge in [-0.3, -0.25) is 14.9 Å². The predicted octanol–water partition coefficient (Wildman–Crippen LogP) is 1.51. The minimum absolute atomic E-state index is 0.518. The van der Waals surface area contributed by atoms with E-state index >= 15 is 0 Å². The Morgan fingerprint density at radius 3 is 2.74 bits per heavy atom. The van der Waals surface area contributed by atoms with Crippen LogP contribution in [0.3, 0.4) is 0 Å². The molecule has 100 valence electrons. The van der Waals surface area contributed by atoms with Gasteiger partial charge >= 0.3 is 5.97 Å². The van der Waals surface area contributed by atoms with Gasteiger partial charge in [0.2, 0.25) is 0 Å². The van der Waals surface area contributed by atoms with E-state index in [4.69, 9.17) is 5.26 Å². The van der Waals surface area contributed by atoms with Crippen LogP contribution in [0.15, 0.2) is 6.07 Å². The fourth-order valence-electron chi connectivity index (χ4n) is 1.38. The molecular formula is C10H7F2N3O4. The van der Waals surface area contributed by atoms with Crippen molar-refractivity contribution >= 4 is 11.7 Å². The molecule has 0 amide bonds. The number of esters is 1. The van der Waals surface area contributed by atoms with Gasteiger partial charge in [0.15, 0.2) is 0 Å². The second kappa shape index (κ2) is 5.81. The molecule has 0 unspecified atom stereocenters. The third-order valence-electron chi connectivity index (χ3n) is 2.20. The van der Waals surface area contributed by atoms with Crippen molar-refractivity contribution in [2.45, 2.75) is 12.8 Å². The van der Waals surface area contributed by atoms with E-state index in [2.05, 4.69) is 9.72 Å². The van der Waals surface area contributed by atoms with Gasteiger partial charge in [0, 0.05) is 0 Å². The summed E-state index contributed by atoms with van der Waals surface area (Å²) in [6, 6.07) is 2.19. The van der Waals surface area contributed by atoms with Gasteiger partial charge in [-0.15, -0.1) is 0 Å². The zero-order valence-corrected chi connectivity index (χ0v) is 9.59. The summed E-state index contributed by atoms with van der Waals surface area (Å²) in [5, 5.41) is 19.4. The Morgan fingerprint density at radius 1 is 1.68 bits per heavy atom. The Kier molecular flexibility index (Phi) is 4.41. The highest BCUT2D eigenvalue weighted by atomic mass is 19.3. The van der Waals surface area contributed by atoms with Gasteiger partial charge in [0.1, 0.15) is 17.5 Å². The van der Waals surface area contributed by atoms with Crippen molar-refractivity contribution in [3.8, 4) is 6.07 Å². The topological polar surface area (TPSA) is 106 Å². The van der Waals surface area contributed by atoms with Gasteiger partial charge in [-0.1, -0.05) is 0 Å². The van der Waals surface area contributed by atoms with Crippen molar-refractivity contribution in [2.75, 3.05) is 7.11 Å². The van der Waals surface area contributed by atoms with Crippen molar-refractivity contribution < 1.29 is 23.2 Å². The van der Waals surface area contributed by atoms with Crippen LogP contribution in [0.5, 0.6) is 0 Å². The molecule has 0 fully saturated rings. The average Bonchev–Trinajstić information content (AvgIpc) is 2.37. The first-order valence-electron chi connectivity index (χ1n) is 4.84. The number of nitro groups is 1. The molecule has 0 aromatic carbocycles. The molecule has 0 aliphatic heterocycles. The molecule has 19 heavy (non-hydrogen) atoms. The lowest BCUT2D eigenvalue weighted by Crippen LogP contribution is -2.12. The number of hydrogen-bond donors (Lipinski definition) is 0. The van der Waals surface area contributed by atoms with Gasteiger partial charge < -0.3 is 4.74 Å². The number of pyridine rings is 1. The lowest BCUT2D eigenvalue weighted by molar-refractivity contribution is -0.385. The van der Waals surface area contributed by atoms with E-state index in [9.17, 15) is 23.7 Å². The van der Waals surface area contributed by atoms with Crippen LogP contribution in [0.1, 0.15) is 23.4 Å². The SMILES string of the molecule is COC(=O)Cc1c([N+](=O)[O-])cc(C#N)nc1C(F)F. The van der Waals surface area contributed by atoms with E-state index in [-0.39, 0.29) is 0 Å². The van der Waals surface area contributed by atoms with Crippen LogP contribution in [0.2, 0.25) is 0 Å². The molecule has 1 aromatic heterocycles. The molecule has 0 radical (unpaired) electrons. The highest BCUT2D eigenvalue weighted by molar-refractivity contribution is 5.74. The Labute approximate surface area is 105 Å². The number of ether oxygens (including phenoxy) is 1. The van der Waals surface area contributed by atoms with Crippen LogP contribution < -0.4 is 0 Å². The number of methoxy groups -OCH3 is 1. The van der Waals surface area contributed by atoms with Crippen molar-refractivity contribution in [1.29, 1.82) is 5.26 Å². The molecule has 0 aliphatic rings. The van der Waals surface area contributed by atoms with E-state index < -0.39 is 46.4 Å². The fraction of sp³-hybridized carbons (Fsp3) is 0.300. The number of carbonyl (C=O) groups excluding carboxylic acids is 1. The predicted molar refractivity (Wildman–Crippen MR) is 56.3 cm³/mol. The number of alkyl halides is 2. The molecule has 1 heterocycles. The van der Waals surface area contributed by atoms with Crippen LogP contribution in [0.4, 0.5) is 14.5 Å². The summed E-state index contributed by atoms with van der Waals surface area (Å²) in [6.45, 7) is 0. The summed E-state index contributed by atoms with van der Waals surface area (Å²) in [6.07, 6.45) is -3.86. The summed E-state index contributed by atoms with van der Waals surface area (Å²) in [4.78, 5) is 24.3. The van der Waals surface area contributed by atoms with E-state index in [1.54, 1.807) is 0 Å². The number of rotatable bonds is 4. The maximum absolute atomic E-state index is 12.8. The summed E-state index contributed by atoms with van der Waals surface area (Å²) in [5.74, 6) is -0.920. The van der Waals surface area contributed by atoms with Crippen LogP contribution >= 0.6 is 0 Å². The average molecular weight is 271 g/mol. The van der Waals surface area contributed by atoms with E-state index in [1.807, 2.05) is 0 Å². The normalized spacial score (nSPS) is 10.1. The van der Waals surface area contributed by atoms with Crippen LogP contribution in [-0.2, 0) is 16.0 Å². The van der Waals surface area contributed by atoms with E-state index in [0.717, 1.165) is 13.2 Å². The monoisotopic (exact) mass is 271 g/mol. The van der Waals surface area contributed by atoms with Crippen molar-refractivity contribution in [2.24, 2.45) is 0 Å². The van der Waals surface area contributed by atoms with Crippen molar-refractivity contribution in [3.05, 3.63) is 33.1 Å². The van der Waals surface area contributed by atoms with E-state index in [0.29, 0.717) is 0 Å². The molecule has 0 N–H and O–H groups in total. The van der Waals surface area contributed by atoms with Gasteiger partial charge in [0.05, 0.1) is 30.1 Å². The number of nitrogens with zero attached hydrogens (tertiary/aromatic N) is 3. The Bertz CT molecular complexity index is 569. The zero-order chi connectivity index (χ0) is 14.6. The third kappa shape index (κ3) is 3.19. The highest BCUT2D eigenvalue weighted by Crippen LogP contribution is 2.29. The third-order valence-corrected chi connectivity index (χ3v) is 2.20. The number of carbonyl (C=O) groups is 1. The Balaban J connectivity index is 3.50. The molecule has 0 atom stereocenters. The standard InChI is InChI=1S/C10H7F2N3O4/c1-19-8(16)3-6-7(15(17)18)2-5(4-13)14-9(6)10(11)12/h2,10H,3H2,1H3. The first-order valence-corrected chi connectivity index (χ1v) is 4.84. The van der Waals surface area contributed by atoms with Crippen molar-refractivity contribution in [3.63, 3.8) is 0 Å². The second-order valence-electron chi connectivity index (χ2n) is 3.31. The number of aromatic nitrogens is 1. The first kappa shape index (κ1) is 14.4. The van der Waals surface area contributed by atoms with Gasteiger partial charge in [-0.25, -0.2) is 13.8 Å². The second-order valence-corrected chi connectivity index (χ2v) is 3.31. The minimum atomic E-state index is -3.15. The zero-order valence-electron chi connectivity index (χ0n) is 9.59. The summed E-state index contributed by atoms with van der Waals surface area (Å²) < 4.78 is 29.9. The fourth-order valence-corrected chi connectivity index (χ4v) is 1.38. The Morgan fingerprint density at radius 2 is 2.32 bits per heavy atom. The van der Waals surface area contributed by atoms with Crippen LogP contribution in [0.25, 0.3) is 0 Å². The summed E-state index contributed by atoms with van der Waals surface area (Å²) in [5.41, 5.74) is -2.79. The van der Waals surface area contributed by atoms with Gasteiger partial charge in [0.25, 0.3) is 12.1 Å². The summed E-state index contributed by atoms with van der Waals surface area (Å²) in [7, 11) is 1.02. The molecule has 1 aromatic rings. The molecule has 0 saturated heterocycles. The lowest BCUT2D eigenvalue weighted by Gasteiger charge is -2.08. The minimum Gasteiger partial charge on any atom is -0.469 e. The molecule has 0 saturated carbocycles. The molecule has 0 spiro atoms. The Hall–Kier alpha value is -2.63. The maximum atomic E-state index is 12.8. The highest BCUT2D eigenvalue weighted by Gasteiger charge is 2.27. The van der Waals surface area contributed by atoms with Crippen LogP contribution in [-0.4, -0.2) is 23.0 Å². The lowest BCUT2D eigenvalue weighted by atomic mass is 10.1. The molecule has 9 heteroatoms.